The van der Waals surface area contributed by atoms with Crippen LogP contribution in [0.15, 0.2) is 48.5 Å². The summed E-state index contributed by atoms with van der Waals surface area (Å²) in [5.41, 5.74) is 1.30. The first-order valence-electron chi connectivity index (χ1n) is 9.22. The second kappa shape index (κ2) is 8.01. The van der Waals surface area contributed by atoms with Crippen LogP contribution in [0.3, 0.4) is 0 Å². The van der Waals surface area contributed by atoms with Gasteiger partial charge in [0, 0.05) is 24.5 Å². The summed E-state index contributed by atoms with van der Waals surface area (Å²) in [6.45, 7) is 6.06. The highest BCUT2D eigenvalue weighted by Crippen LogP contribution is 2.47. The monoisotopic (exact) mass is 385 g/mol. The second-order valence-corrected chi connectivity index (χ2v) is 7.10. The second-order valence-electron chi connectivity index (χ2n) is 6.69. The van der Waals surface area contributed by atoms with Crippen molar-refractivity contribution in [3.63, 3.8) is 0 Å². The molecule has 0 saturated heterocycles. The van der Waals surface area contributed by atoms with E-state index in [4.69, 9.17) is 11.6 Å². The third-order valence-electron chi connectivity index (χ3n) is 5.00. The van der Waals surface area contributed by atoms with Gasteiger partial charge in [-0.15, -0.1) is 0 Å². The lowest BCUT2D eigenvalue weighted by molar-refractivity contribution is -0.131. The van der Waals surface area contributed by atoms with Crippen LogP contribution in [0.25, 0.3) is 0 Å². The smallest absolute Gasteiger partial charge is 0.240 e. The molecule has 6 heteroatoms. The van der Waals surface area contributed by atoms with Gasteiger partial charge in [-0.3, -0.25) is 9.59 Å². The minimum Gasteiger partial charge on any atom is -0.372 e. The van der Waals surface area contributed by atoms with E-state index in [1.807, 2.05) is 24.3 Å². The number of halogens is 1. The number of nitrogens with zero attached hydrogens (tertiary/aromatic N) is 1. The highest BCUT2D eigenvalue weighted by molar-refractivity contribution is 6.34. The van der Waals surface area contributed by atoms with Crippen LogP contribution in [0.2, 0.25) is 5.02 Å². The summed E-state index contributed by atoms with van der Waals surface area (Å²) in [4.78, 5) is 27.6. The topological polar surface area (TPSA) is 61.4 Å². The summed E-state index contributed by atoms with van der Waals surface area (Å²) in [5.74, 6) is -0.587. The molecule has 1 saturated carbocycles. The number of rotatable bonds is 7. The Kier molecular flexibility index (Phi) is 5.71. The Morgan fingerprint density at radius 3 is 2.11 bits per heavy atom. The van der Waals surface area contributed by atoms with E-state index in [0.717, 1.165) is 18.8 Å². The van der Waals surface area contributed by atoms with Crippen LogP contribution >= 0.6 is 11.6 Å². The number of hydrogen-bond donors (Lipinski definition) is 2. The summed E-state index contributed by atoms with van der Waals surface area (Å²) in [5, 5.41) is 6.11. The molecular weight excluding hydrogens is 362 g/mol. The van der Waals surface area contributed by atoms with Crippen LogP contribution in [0.5, 0.6) is 0 Å². The van der Waals surface area contributed by atoms with E-state index in [-0.39, 0.29) is 11.8 Å². The number of carbonyl (C=O) groups excluding carboxylic acids is 2. The molecule has 142 valence electrons. The Labute approximate surface area is 164 Å². The Morgan fingerprint density at radius 1 is 0.963 bits per heavy atom. The van der Waals surface area contributed by atoms with Crippen LogP contribution in [0, 0.1) is 5.41 Å². The molecule has 0 atom stereocenters. The standard InChI is InChI=1S/C21H24ClN3O2/c1-3-25(4-2)16-11-9-15(10-12-16)23-19(26)21(13-14-21)20(27)24-18-8-6-5-7-17(18)22/h5-12H,3-4,13-14H2,1-2H3,(H,23,26)(H,24,27). The fourth-order valence-corrected chi connectivity index (χ4v) is 3.26. The van der Waals surface area contributed by atoms with Crippen molar-refractivity contribution in [2.24, 2.45) is 5.41 Å². The van der Waals surface area contributed by atoms with E-state index < -0.39 is 5.41 Å². The van der Waals surface area contributed by atoms with E-state index in [1.54, 1.807) is 24.3 Å². The molecule has 0 radical (unpaired) electrons. The van der Waals surface area contributed by atoms with Gasteiger partial charge in [-0.25, -0.2) is 0 Å². The summed E-state index contributed by atoms with van der Waals surface area (Å²) in [7, 11) is 0. The summed E-state index contributed by atoms with van der Waals surface area (Å²) >= 11 is 6.09. The van der Waals surface area contributed by atoms with Crippen molar-refractivity contribution >= 4 is 40.5 Å². The number of para-hydroxylation sites is 1. The number of carbonyl (C=O) groups is 2. The maximum Gasteiger partial charge on any atom is 0.240 e. The minimum absolute atomic E-state index is 0.275. The molecule has 0 heterocycles. The van der Waals surface area contributed by atoms with Gasteiger partial charge in [-0.1, -0.05) is 23.7 Å². The lowest BCUT2D eigenvalue weighted by Crippen LogP contribution is -2.35. The van der Waals surface area contributed by atoms with Crippen LogP contribution in [0.4, 0.5) is 17.1 Å². The quantitative estimate of drug-likeness (QED) is 0.687. The fraction of sp³-hybridized carbons (Fsp3) is 0.333. The summed E-state index contributed by atoms with van der Waals surface area (Å²) < 4.78 is 0. The van der Waals surface area contributed by atoms with Gasteiger partial charge in [-0.2, -0.15) is 0 Å². The summed E-state index contributed by atoms with van der Waals surface area (Å²) in [6, 6.07) is 14.7. The molecule has 0 aromatic heterocycles. The van der Waals surface area contributed by atoms with Crippen LogP contribution in [0.1, 0.15) is 26.7 Å². The Hall–Kier alpha value is -2.53. The molecule has 0 bridgehead atoms. The molecule has 5 nitrogen and oxygen atoms in total. The Morgan fingerprint density at radius 2 is 1.56 bits per heavy atom. The van der Waals surface area contributed by atoms with Crippen molar-refractivity contribution in [1.82, 2.24) is 0 Å². The van der Waals surface area contributed by atoms with Gasteiger partial charge in [0.25, 0.3) is 0 Å². The molecule has 0 spiro atoms. The number of anilines is 3. The van der Waals surface area contributed by atoms with E-state index in [1.165, 1.54) is 0 Å². The van der Waals surface area contributed by atoms with Gasteiger partial charge in [-0.05, 0) is 63.1 Å². The molecule has 2 N–H and O–H groups in total. The van der Waals surface area contributed by atoms with Crippen LogP contribution in [-0.4, -0.2) is 24.9 Å². The van der Waals surface area contributed by atoms with E-state index in [9.17, 15) is 9.59 Å². The third-order valence-corrected chi connectivity index (χ3v) is 5.32. The van der Waals surface area contributed by atoms with E-state index in [2.05, 4.69) is 29.4 Å². The molecule has 1 aliphatic rings. The maximum atomic E-state index is 12.7. The molecule has 2 aromatic rings. The van der Waals surface area contributed by atoms with Crippen LogP contribution < -0.4 is 15.5 Å². The summed E-state index contributed by atoms with van der Waals surface area (Å²) in [6.07, 6.45) is 1.07. The molecule has 1 aliphatic carbocycles. The van der Waals surface area contributed by atoms with E-state index in [0.29, 0.717) is 29.2 Å². The largest absolute Gasteiger partial charge is 0.372 e. The van der Waals surface area contributed by atoms with Gasteiger partial charge in [0.2, 0.25) is 11.8 Å². The van der Waals surface area contributed by atoms with Crippen molar-refractivity contribution in [3.8, 4) is 0 Å². The van der Waals surface area contributed by atoms with Crippen molar-refractivity contribution in [1.29, 1.82) is 0 Å². The highest BCUT2D eigenvalue weighted by atomic mass is 35.5. The predicted molar refractivity (Wildman–Crippen MR) is 110 cm³/mol. The van der Waals surface area contributed by atoms with Crippen molar-refractivity contribution < 1.29 is 9.59 Å². The zero-order chi connectivity index (χ0) is 19.4. The highest BCUT2D eigenvalue weighted by Gasteiger charge is 2.56. The van der Waals surface area contributed by atoms with Crippen molar-refractivity contribution in [2.75, 3.05) is 28.6 Å². The van der Waals surface area contributed by atoms with Gasteiger partial charge in [0.15, 0.2) is 0 Å². The zero-order valence-electron chi connectivity index (χ0n) is 15.6. The number of nitrogens with one attached hydrogen (secondary N) is 2. The first kappa shape index (κ1) is 19.2. The lowest BCUT2D eigenvalue weighted by Gasteiger charge is -2.21. The molecule has 27 heavy (non-hydrogen) atoms. The third kappa shape index (κ3) is 4.08. The Bertz CT molecular complexity index is 828. The number of benzene rings is 2. The molecule has 3 rings (SSSR count). The van der Waals surface area contributed by atoms with Crippen molar-refractivity contribution in [3.05, 3.63) is 53.6 Å². The van der Waals surface area contributed by atoms with Gasteiger partial charge in [0.1, 0.15) is 5.41 Å². The van der Waals surface area contributed by atoms with Crippen LogP contribution in [-0.2, 0) is 9.59 Å². The molecule has 1 fully saturated rings. The van der Waals surface area contributed by atoms with Gasteiger partial charge < -0.3 is 15.5 Å². The minimum atomic E-state index is -1.02. The normalized spacial score (nSPS) is 14.3. The molecule has 0 aliphatic heterocycles. The number of amides is 2. The maximum absolute atomic E-state index is 12.7. The first-order chi connectivity index (χ1) is 13.0. The number of hydrogen-bond acceptors (Lipinski definition) is 3. The Balaban J connectivity index is 1.66. The molecule has 2 aromatic carbocycles. The fourth-order valence-electron chi connectivity index (χ4n) is 3.08. The lowest BCUT2D eigenvalue weighted by atomic mass is 10.0. The first-order valence-corrected chi connectivity index (χ1v) is 9.60. The molecular formula is C21H24ClN3O2. The average molecular weight is 386 g/mol. The van der Waals surface area contributed by atoms with E-state index >= 15 is 0 Å². The SMILES string of the molecule is CCN(CC)c1ccc(NC(=O)C2(C(=O)Nc3ccccc3Cl)CC2)cc1. The molecule has 0 unspecified atom stereocenters. The molecule has 2 amide bonds. The zero-order valence-corrected chi connectivity index (χ0v) is 16.3. The van der Waals surface area contributed by atoms with Gasteiger partial charge >= 0.3 is 0 Å². The predicted octanol–water partition coefficient (Wildman–Crippen LogP) is 4.54. The average Bonchev–Trinajstić information content (AvgIpc) is 3.48. The van der Waals surface area contributed by atoms with Gasteiger partial charge in [0.05, 0.1) is 10.7 Å². The van der Waals surface area contributed by atoms with Crippen molar-refractivity contribution in [2.45, 2.75) is 26.7 Å².